The molecule has 4 heterocycles. The maximum atomic E-state index is 7.40. The van der Waals surface area contributed by atoms with Crippen molar-refractivity contribution in [2.45, 2.75) is 50.0 Å². The van der Waals surface area contributed by atoms with Gasteiger partial charge in [0.05, 0.1) is 0 Å². The first-order chi connectivity index (χ1) is 39.4. The highest BCUT2D eigenvalue weighted by atomic mass is 35.5. The highest BCUT2D eigenvalue weighted by Crippen LogP contribution is 2.69. The predicted molar refractivity (Wildman–Crippen MR) is 325 cm³/mol. The summed E-state index contributed by atoms with van der Waals surface area (Å²) in [5, 5.41) is 10.4. The van der Waals surface area contributed by atoms with Crippen LogP contribution in [0.4, 0.5) is 5.69 Å². The van der Waals surface area contributed by atoms with Crippen molar-refractivity contribution in [2.24, 2.45) is 5.41 Å². The third-order valence-electron chi connectivity index (χ3n) is 16.5. The minimum Gasteiger partial charge on any atom is -0.493 e. The number of anilines is 1. The van der Waals surface area contributed by atoms with E-state index in [4.69, 9.17) is 77.0 Å². The van der Waals surface area contributed by atoms with Crippen LogP contribution in [0, 0.1) is 12.3 Å². The number of hydrogen-bond acceptors (Lipinski definition) is 8. The van der Waals surface area contributed by atoms with Gasteiger partial charge >= 0.3 is 0 Å². The molecule has 81 heavy (non-hydrogen) atoms. The highest BCUT2D eigenvalue weighted by molar-refractivity contribution is 6.55. The van der Waals surface area contributed by atoms with Crippen LogP contribution in [0.2, 0.25) is 0 Å². The van der Waals surface area contributed by atoms with Crippen LogP contribution in [-0.2, 0) is 22.2 Å². The molecule has 0 aromatic heterocycles. The van der Waals surface area contributed by atoms with Gasteiger partial charge in [-0.2, -0.15) is 0 Å². The summed E-state index contributed by atoms with van der Waals surface area (Å²) in [6.45, 7) is 2.64. The minimum atomic E-state index is -1.28. The van der Waals surface area contributed by atoms with Crippen molar-refractivity contribution in [3.63, 3.8) is 0 Å². The maximum Gasteiger partial charge on any atom is 0.223 e. The van der Waals surface area contributed by atoms with Gasteiger partial charge in [-0.1, -0.05) is 205 Å². The molecule has 7 unspecified atom stereocenters. The Balaban J connectivity index is 0.826. The number of benzene rings is 9. The molecule has 0 spiro atoms. The third kappa shape index (κ3) is 9.58. The molecule has 9 aromatic carbocycles. The molecule has 4 fully saturated rings. The van der Waals surface area contributed by atoms with Crippen LogP contribution < -0.4 is 39.8 Å². The number of alkyl halides is 5. The number of halogens is 5. The van der Waals surface area contributed by atoms with Gasteiger partial charge < -0.3 is 23.8 Å². The van der Waals surface area contributed by atoms with Gasteiger partial charge in [-0.15, -0.1) is 34.8 Å². The Morgan fingerprint density at radius 1 is 0.370 bits per heavy atom. The smallest absolute Gasteiger partial charge is 0.223 e. The van der Waals surface area contributed by atoms with E-state index in [1.807, 2.05) is 146 Å². The maximum absolute atomic E-state index is 7.40. The summed E-state index contributed by atoms with van der Waals surface area (Å²) in [6, 6.07) is 81.5. The Bertz CT molecular complexity index is 3390. The first-order valence-corrected chi connectivity index (χ1v) is 29.1. The number of ether oxygens (including phenoxy) is 4. The lowest BCUT2D eigenvalue weighted by molar-refractivity contribution is -0.00353. The van der Waals surface area contributed by atoms with E-state index in [-0.39, 0.29) is 42.9 Å². The summed E-state index contributed by atoms with van der Waals surface area (Å²) in [6.07, 6.45) is 0. The fourth-order valence-corrected chi connectivity index (χ4v) is 14.0. The zero-order valence-electron chi connectivity index (χ0n) is 44.1. The first-order valence-electron chi connectivity index (χ1n) is 27.1. The lowest BCUT2D eigenvalue weighted by Crippen LogP contribution is -2.45. The molecule has 8 nitrogen and oxygen atoms in total. The van der Waals surface area contributed by atoms with Crippen LogP contribution in [0.5, 0.6) is 23.0 Å². The van der Waals surface area contributed by atoms with Crippen molar-refractivity contribution in [3.05, 3.63) is 293 Å². The van der Waals surface area contributed by atoms with Crippen molar-refractivity contribution in [1.82, 2.24) is 16.0 Å². The zero-order valence-corrected chi connectivity index (χ0v) is 47.9. The molecular weight excluding hydrogens is 1110 g/mol. The highest BCUT2D eigenvalue weighted by Gasteiger charge is 2.76. The molecule has 0 bridgehead atoms. The van der Waals surface area contributed by atoms with Crippen molar-refractivity contribution in [3.8, 4) is 23.0 Å². The number of nitrogens with zero attached hydrogens (tertiary/aromatic N) is 1. The van der Waals surface area contributed by atoms with E-state index < -0.39 is 32.0 Å². The van der Waals surface area contributed by atoms with Crippen LogP contribution in [0.3, 0.4) is 0 Å². The topological polar surface area (TPSA) is 106 Å². The number of rotatable bonds is 21. The average Bonchev–Trinajstić information content (AvgIpc) is 1.80. The minimum absolute atomic E-state index is 0.133. The van der Waals surface area contributed by atoms with E-state index in [1.54, 1.807) is 0 Å². The Morgan fingerprint density at radius 2 is 0.642 bits per heavy atom. The van der Waals surface area contributed by atoms with Crippen molar-refractivity contribution < 1.29 is 18.9 Å². The lowest BCUT2D eigenvalue weighted by Gasteiger charge is -2.33. The monoisotopic (exact) mass is 1170 g/mol. The number of aryl methyl sites for hydroxylation is 1. The van der Waals surface area contributed by atoms with Crippen LogP contribution in [0.25, 0.3) is 0 Å². The molecule has 7 atom stereocenters. The summed E-state index contributed by atoms with van der Waals surface area (Å²) in [4.78, 5) is 2.06. The molecule has 9 aromatic rings. The molecule has 408 valence electrons. The van der Waals surface area contributed by atoms with E-state index in [0.717, 1.165) is 55.8 Å². The summed E-state index contributed by atoms with van der Waals surface area (Å²) < 4.78 is 26.2. The van der Waals surface area contributed by atoms with E-state index in [2.05, 4.69) is 125 Å². The van der Waals surface area contributed by atoms with Gasteiger partial charge in [-0.05, 0) is 118 Å². The number of nitrogens with one attached hydrogen (secondary N) is 3. The average molecular weight is 1170 g/mol. The SMILES string of the molecule is Cc1cccc(N2C(Cl)(Cl)C2(c2ccccc2)c2ccc(OCC(COc3ccc(C4(c5ccccc5)NC4Cl)cc3)(COc3ccc(C4(c5ccccc5)NC4Cl)cc3)COc3ccc(C4(c5ccccc5)NC4Cl)cc3)cc2)c1. The first kappa shape index (κ1) is 53.6. The molecule has 0 aliphatic carbocycles. The largest absolute Gasteiger partial charge is 0.493 e. The fourth-order valence-electron chi connectivity index (χ4n) is 11.8. The van der Waals surface area contributed by atoms with Gasteiger partial charge in [0.2, 0.25) is 4.46 Å². The van der Waals surface area contributed by atoms with Gasteiger partial charge in [-0.3, -0.25) is 16.0 Å². The van der Waals surface area contributed by atoms with E-state index in [1.165, 1.54) is 0 Å². The standard InChI is InChI=1S/C68H57Cl5N4O4/c1-46-15-14-24-55(41-46)77-67(68(77,72)73,53-22-12-5-13-23-53)54-31-39-59(40-32-54)81-45-63(42-78-56-33-25-50(26-34-56)64(60(69)74-64)47-16-6-2-7-17-47,43-79-57-35-27-51(28-36-57)65(61(70)75-65)48-18-8-3-9-19-48)44-80-58-37-29-52(30-38-58)66(62(71)76-66)49-20-10-4-11-21-49/h2-41,60-62,74-76H,42-45H2,1H3. The summed E-state index contributed by atoms with van der Waals surface area (Å²) >= 11 is 35.3. The Morgan fingerprint density at radius 3 is 0.938 bits per heavy atom. The summed E-state index contributed by atoms with van der Waals surface area (Å²) in [5.74, 6) is 2.60. The van der Waals surface area contributed by atoms with Crippen LogP contribution in [0.15, 0.2) is 243 Å². The van der Waals surface area contributed by atoms with Crippen molar-refractivity contribution in [1.29, 1.82) is 0 Å². The Hall–Kier alpha value is -6.69. The molecule has 0 radical (unpaired) electrons. The number of hydrogen-bond donors (Lipinski definition) is 3. The van der Waals surface area contributed by atoms with Crippen LogP contribution in [-0.4, -0.2) is 47.4 Å². The molecule has 0 amide bonds. The van der Waals surface area contributed by atoms with Crippen LogP contribution >= 0.6 is 58.0 Å². The van der Waals surface area contributed by atoms with Crippen molar-refractivity contribution >= 4 is 63.7 Å². The molecule has 4 aliphatic heterocycles. The Kier molecular flexibility index (Phi) is 14.1. The van der Waals surface area contributed by atoms with E-state index in [9.17, 15) is 0 Å². The van der Waals surface area contributed by atoms with Gasteiger partial charge in [0.1, 0.15) is 93.5 Å². The second-order valence-corrected chi connectivity index (χ2v) is 24.2. The molecule has 4 aliphatic rings. The second-order valence-electron chi connectivity index (χ2n) is 21.6. The molecule has 0 saturated carbocycles. The predicted octanol–water partition coefficient (Wildman–Crippen LogP) is 14.7. The normalized spacial score (nSPS) is 25.5. The molecule has 4 saturated heterocycles. The lowest BCUT2D eigenvalue weighted by atomic mass is 9.90. The van der Waals surface area contributed by atoms with Gasteiger partial charge in [0, 0.05) is 5.69 Å². The van der Waals surface area contributed by atoms with E-state index in [0.29, 0.717) is 23.0 Å². The summed E-state index contributed by atoms with van der Waals surface area (Å²) in [7, 11) is 0. The van der Waals surface area contributed by atoms with Crippen molar-refractivity contribution in [2.75, 3.05) is 31.3 Å². The van der Waals surface area contributed by atoms with Crippen LogP contribution in [0.1, 0.15) is 50.1 Å². The van der Waals surface area contributed by atoms with Gasteiger partial charge in [-0.25, -0.2) is 0 Å². The van der Waals surface area contributed by atoms with Gasteiger partial charge in [0.15, 0.2) is 0 Å². The quantitative estimate of drug-likeness (QED) is 0.0371. The molecular formula is C68H57Cl5N4O4. The Labute approximate surface area is 497 Å². The molecule has 3 N–H and O–H groups in total. The zero-order chi connectivity index (χ0) is 55.5. The summed E-state index contributed by atoms with van der Waals surface area (Å²) in [5.41, 5.74) is 6.20. The second kappa shape index (κ2) is 21.2. The van der Waals surface area contributed by atoms with Gasteiger partial charge in [0.25, 0.3) is 0 Å². The van der Waals surface area contributed by atoms with E-state index >= 15 is 0 Å². The molecule has 13 rings (SSSR count). The third-order valence-corrected chi connectivity index (χ3v) is 18.7. The molecule has 13 heteroatoms. The fraction of sp³-hybridized carbons (Fsp3) is 0.206.